The third kappa shape index (κ3) is 4.79. The topological polar surface area (TPSA) is 94.9 Å². The number of hydrogen-bond acceptors (Lipinski definition) is 3. The largest absolute Gasteiger partial charge is 0.416 e. The fourth-order valence-electron chi connectivity index (χ4n) is 2.88. The maximum absolute atomic E-state index is 13.2. The molecule has 0 aliphatic carbocycles. The van der Waals surface area contributed by atoms with Crippen molar-refractivity contribution in [3.05, 3.63) is 71.2 Å². The second-order valence-corrected chi connectivity index (χ2v) is 10.2. The monoisotopic (exact) mass is 479 g/mol. The lowest BCUT2D eigenvalue weighted by Gasteiger charge is -2.26. The standard InChI is InChI=1S/C18H14ClF3NO5PS/c19-14-8-13(18(20,21)22)9-15(10-14)30(27,28)23(11-29(24,25)26)17-7-3-5-12-4-1-2-6-16(12)17/h1-10H,11H2,(H2,24,25,26). The van der Waals surface area contributed by atoms with Gasteiger partial charge in [0.1, 0.15) is 6.29 Å². The van der Waals surface area contributed by atoms with Gasteiger partial charge in [0.15, 0.2) is 0 Å². The molecule has 0 aliphatic heterocycles. The number of benzene rings is 3. The molecule has 3 aromatic rings. The number of nitrogens with zero attached hydrogens (tertiary/aromatic N) is 1. The highest BCUT2D eigenvalue weighted by Crippen LogP contribution is 2.42. The molecular formula is C18H14ClF3NO5PS. The van der Waals surface area contributed by atoms with E-state index in [1.807, 2.05) is 0 Å². The van der Waals surface area contributed by atoms with Crippen LogP contribution in [-0.4, -0.2) is 24.5 Å². The smallest absolute Gasteiger partial charge is 0.323 e. The molecule has 2 N–H and O–H groups in total. The Labute approximate surface area is 174 Å². The van der Waals surface area contributed by atoms with Crippen LogP contribution in [0.25, 0.3) is 10.8 Å². The number of sulfonamides is 1. The fraction of sp³-hybridized carbons (Fsp3) is 0.111. The Hall–Kier alpha value is -2.10. The van der Waals surface area contributed by atoms with Gasteiger partial charge in [-0.3, -0.25) is 8.87 Å². The van der Waals surface area contributed by atoms with Gasteiger partial charge in [0.2, 0.25) is 0 Å². The number of fused-ring (bicyclic) bond motifs is 1. The van der Waals surface area contributed by atoms with Crippen molar-refractivity contribution < 1.29 is 35.9 Å². The van der Waals surface area contributed by atoms with Crippen LogP contribution in [0, 0.1) is 0 Å². The lowest BCUT2D eigenvalue weighted by atomic mass is 10.1. The van der Waals surface area contributed by atoms with Crippen LogP contribution in [0.2, 0.25) is 5.02 Å². The normalized spacial score (nSPS) is 12.9. The van der Waals surface area contributed by atoms with Crippen LogP contribution in [0.3, 0.4) is 0 Å². The summed E-state index contributed by atoms with van der Waals surface area (Å²) in [6.45, 7) is 0. The SMILES string of the molecule is O=P(O)(O)CN(c1cccc2ccccc12)S(=O)(=O)c1cc(Cl)cc(C(F)(F)F)c1. The van der Waals surface area contributed by atoms with E-state index in [-0.39, 0.29) is 5.69 Å². The quantitative estimate of drug-likeness (QED) is 0.510. The van der Waals surface area contributed by atoms with E-state index in [9.17, 15) is 35.9 Å². The van der Waals surface area contributed by atoms with Crippen molar-refractivity contribution in [2.45, 2.75) is 11.1 Å². The highest BCUT2D eigenvalue weighted by atomic mass is 35.5. The molecule has 0 heterocycles. The molecule has 3 rings (SSSR count). The number of hydrogen-bond donors (Lipinski definition) is 2. The molecule has 160 valence electrons. The molecule has 0 spiro atoms. The highest BCUT2D eigenvalue weighted by Gasteiger charge is 2.36. The van der Waals surface area contributed by atoms with Gasteiger partial charge in [-0.1, -0.05) is 48.0 Å². The summed E-state index contributed by atoms with van der Waals surface area (Å²) in [5.74, 6) is 0. The maximum atomic E-state index is 13.2. The van der Waals surface area contributed by atoms with E-state index in [1.54, 1.807) is 24.3 Å². The average Bonchev–Trinajstić information content (AvgIpc) is 2.64. The zero-order valence-electron chi connectivity index (χ0n) is 14.9. The Morgan fingerprint density at radius 1 is 1.00 bits per heavy atom. The van der Waals surface area contributed by atoms with Gasteiger partial charge < -0.3 is 9.79 Å². The summed E-state index contributed by atoms with van der Waals surface area (Å²) in [6.07, 6.45) is -6.14. The predicted molar refractivity (Wildman–Crippen MR) is 107 cm³/mol. The van der Waals surface area contributed by atoms with Gasteiger partial charge in [-0.05, 0) is 29.7 Å². The molecule has 0 aliphatic rings. The van der Waals surface area contributed by atoms with E-state index < -0.39 is 45.6 Å². The zero-order valence-corrected chi connectivity index (χ0v) is 17.4. The summed E-state index contributed by atoms with van der Waals surface area (Å²) < 4.78 is 78.0. The Bertz CT molecular complexity index is 1250. The molecule has 0 saturated carbocycles. The van der Waals surface area contributed by atoms with Gasteiger partial charge in [-0.25, -0.2) is 8.42 Å². The Morgan fingerprint density at radius 3 is 2.27 bits per heavy atom. The van der Waals surface area contributed by atoms with Crippen LogP contribution >= 0.6 is 19.2 Å². The Kier molecular flexibility index (Phi) is 5.92. The summed E-state index contributed by atoms with van der Waals surface area (Å²) in [5, 5.41) is 0.426. The predicted octanol–water partition coefficient (Wildman–Crippen LogP) is 4.84. The molecule has 0 atom stereocenters. The summed E-state index contributed by atoms with van der Waals surface area (Å²) in [7, 11) is -9.77. The van der Waals surface area contributed by atoms with E-state index >= 15 is 0 Å². The molecule has 3 aromatic carbocycles. The average molecular weight is 480 g/mol. The molecule has 0 unspecified atom stereocenters. The minimum absolute atomic E-state index is 0.0926. The van der Waals surface area contributed by atoms with Crippen LogP contribution in [0.5, 0.6) is 0 Å². The van der Waals surface area contributed by atoms with E-state index in [0.29, 0.717) is 27.2 Å². The van der Waals surface area contributed by atoms with E-state index in [1.165, 1.54) is 18.2 Å². The molecule has 0 aromatic heterocycles. The number of anilines is 1. The van der Waals surface area contributed by atoms with Crippen molar-refractivity contribution >= 4 is 45.7 Å². The first-order valence-electron chi connectivity index (χ1n) is 8.22. The first-order chi connectivity index (χ1) is 13.8. The second-order valence-electron chi connectivity index (χ2n) is 6.33. The van der Waals surface area contributed by atoms with Gasteiger partial charge in [0.25, 0.3) is 10.0 Å². The molecule has 0 bridgehead atoms. The van der Waals surface area contributed by atoms with E-state index in [0.717, 1.165) is 6.07 Å². The summed E-state index contributed by atoms with van der Waals surface area (Å²) in [6, 6.07) is 12.6. The van der Waals surface area contributed by atoms with Crippen molar-refractivity contribution in [3.63, 3.8) is 0 Å². The highest BCUT2D eigenvalue weighted by molar-refractivity contribution is 7.93. The minimum atomic E-state index is -4.95. The molecule has 0 radical (unpaired) electrons. The molecule has 0 amide bonds. The first-order valence-corrected chi connectivity index (χ1v) is 11.8. The lowest BCUT2D eigenvalue weighted by molar-refractivity contribution is -0.137. The lowest BCUT2D eigenvalue weighted by Crippen LogP contribution is -2.32. The van der Waals surface area contributed by atoms with Crippen molar-refractivity contribution in [2.24, 2.45) is 0 Å². The Morgan fingerprint density at radius 2 is 1.63 bits per heavy atom. The van der Waals surface area contributed by atoms with Crippen molar-refractivity contribution in [3.8, 4) is 0 Å². The van der Waals surface area contributed by atoms with Crippen molar-refractivity contribution in [1.82, 2.24) is 0 Å². The fourth-order valence-corrected chi connectivity index (χ4v) is 5.95. The summed E-state index contributed by atoms with van der Waals surface area (Å²) >= 11 is 5.70. The molecule has 6 nitrogen and oxygen atoms in total. The van der Waals surface area contributed by atoms with E-state index in [2.05, 4.69) is 0 Å². The van der Waals surface area contributed by atoms with E-state index in [4.69, 9.17) is 11.6 Å². The van der Waals surface area contributed by atoms with Crippen LogP contribution in [0.4, 0.5) is 18.9 Å². The van der Waals surface area contributed by atoms with Crippen LogP contribution in [0.1, 0.15) is 5.56 Å². The zero-order chi connectivity index (χ0) is 22.3. The molecule has 0 fully saturated rings. The Balaban J connectivity index is 2.27. The minimum Gasteiger partial charge on any atom is -0.323 e. The number of rotatable bonds is 5. The van der Waals surface area contributed by atoms with Crippen LogP contribution in [-0.2, 0) is 20.8 Å². The van der Waals surface area contributed by atoms with Crippen LogP contribution < -0.4 is 4.31 Å². The third-order valence-corrected chi connectivity index (χ3v) is 6.93. The molecule has 30 heavy (non-hydrogen) atoms. The summed E-state index contributed by atoms with van der Waals surface area (Å²) in [5.41, 5.74) is -1.40. The molecule has 12 heteroatoms. The number of alkyl halides is 3. The number of halogens is 4. The van der Waals surface area contributed by atoms with Gasteiger partial charge in [-0.15, -0.1) is 0 Å². The second kappa shape index (κ2) is 7.86. The van der Waals surface area contributed by atoms with Crippen molar-refractivity contribution in [2.75, 3.05) is 10.6 Å². The third-order valence-electron chi connectivity index (χ3n) is 4.13. The van der Waals surface area contributed by atoms with Gasteiger partial charge >= 0.3 is 13.8 Å². The summed E-state index contributed by atoms with van der Waals surface area (Å²) in [4.78, 5) is 18.1. The molecule has 0 saturated heterocycles. The maximum Gasteiger partial charge on any atom is 0.416 e. The van der Waals surface area contributed by atoms with Crippen molar-refractivity contribution in [1.29, 1.82) is 0 Å². The first kappa shape index (κ1) is 22.6. The van der Waals surface area contributed by atoms with Gasteiger partial charge in [-0.2, -0.15) is 13.2 Å². The molecular weight excluding hydrogens is 466 g/mol. The van der Waals surface area contributed by atoms with Gasteiger partial charge in [0, 0.05) is 10.4 Å². The van der Waals surface area contributed by atoms with Crippen LogP contribution in [0.15, 0.2) is 65.6 Å². The van der Waals surface area contributed by atoms with Gasteiger partial charge in [0.05, 0.1) is 16.1 Å².